The highest BCUT2D eigenvalue weighted by molar-refractivity contribution is 7.99. The summed E-state index contributed by atoms with van der Waals surface area (Å²) < 4.78 is 12.3. The molecule has 2 aliphatic heterocycles. The van der Waals surface area contributed by atoms with Gasteiger partial charge in [-0.25, -0.2) is 0 Å². The highest BCUT2D eigenvalue weighted by atomic mass is 32.2. The van der Waals surface area contributed by atoms with Crippen molar-refractivity contribution >= 4 is 23.1 Å². The molecule has 6 rings (SSSR count). The fraction of sp³-hybridized carbons (Fsp3) is 0. The van der Waals surface area contributed by atoms with Crippen molar-refractivity contribution in [1.29, 1.82) is 0 Å². The van der Waals surface area contributed by atoms with E-state index in [2.05, 4.69) is 23.5 Å². The lowest BCUT2D eigenvalue weighted by Gasteiger charge is -2.26. The predicted molar refractivity (Wildman–Crippen MR) is 112 cm³/mol. The predicted octanol–water partition coefficient (Wildman–Crippen LogP) is 7.46. The van der Waals surface area contributed by atoms with E-state index in [-0.39, 0.29) is 0 Å². The van der Waals surface area contributed by atoms with Crippen molar-refractivity contribution in [3.05, 3.63) is 84.9 Å². The summed E-state index contributed by atoms with van der Waals surface area (Å²) in [6.07, 6.45) is 0. The van der Waals surface area contributed by atoms with E-state index >= 15 is 0 Å². The number of benzene rings is 4. The first kappa shape index (κ1) is 15.7. The van der Waals surface area contributed by atoms with Gasteiger partial charge in [0.25, 0.3) is 0 Å². The van der Waals surface area contributed by atoms with Crippen LogP contribution in [0, 0.1) is 0 Å². The van der Waals surface area contributed by atoms with Crippen LogP contribution in [0.25, 0.3) is 11.1 Å². The van der Waals surface area contributed by atoms with Gasteiger partial charge in [0.1, 0.15) is 11.5 Å². The smallest absolute Gasteiger partial charge is 0.151 e. The minimum Gasteiger partial charge on any atom is -0.455 e. The van der Waals surface area contributed by atoms with E-state index in [1.54, 1.807) is 11.8 Å². The van der Waals surface area contributed by atoms with Crippen molar-refractivity contribution in [1.82, 2.24) is 0 Å². The Morgan fingerprint density at radius 3 is 2.18 bits per heavy atom. The zero-order valence-electron chi connectivity index (χ0n) is 14.8. The topological polar surface area (TPSA) is 30.5 Å². The molecule has 4 aromatic rings. The molecule has 3 nitrogen and oxygen atoms in total. The van der Waals surface area contributed by atoms with Crippen molar-refractivity contribution in [3.63, 3.8) is 0 Å². The Morgan fingerprint density at radius 2 is 1.25 bits per heavy atom. The van der Waals surface area contributed by atoms with E-state index in [1.165, 1.54) is 0 Å². The zero-order chi connectivity index (χ0) is 18.5. The average molecular weight is 381 g/mol. The lowest BCUT2D eigenvalue weighted by Crippen LogP contribution is -2.04. The molecule has 134 valence electrons. The van der Waals surface area contributed by atoms with E-state index in [4.69, 9.17) is 9.47 Å². The first-order valence-corrected chi connectivity index (χ1v) is 9.93. The van der Waals surface area contributed by atoms with Gasteiger partial charge in [0, 0.05) is 11.1 Å². The molecule has 4 aromatic carbocycles. The van der Waals surface area contributed by atoms with Crippen LogP contribution in [0.15, 0.2) is 94.7 Å². The van der Waals surface area contributed by atoms with E-state index in [0.717, 1.165) is 55.3 Å². The van der Waals surface area contributed by atoms with Crippen LogP contribution in [0.1, 0.15) is 0 Å². The first-order valence-electron chi connectivity index (χ1n) is 9.12. The molecule has 0 atom stereocenters. The molecule has 0 saturated heterocycles. The molecule has 0 radical (unpaired) electrons. The summed E-state index contributed by atoms with van der Waals surface area (Å²) in [6, 6.07) is 28.5. The molecule has 0 unspecified atom stereocenters. The minimum atomic E-state index is 0.830. The van der Waals surface area contributed by atoms with Crippen LogP contribution < -0.4 is 14.8 Å². The van der Waals surface area contributed by atoms with E-state index in [1.807, 2.05) is 66.7 Å². The number of fused-ring (bicyclic) bond motifs is 4. The van der Waals surface area contributed by atoms with Gasteiger partial charge in [-0.05, 0) is 36.4 Å². The summed E-state index contributed by atoms with van der Waals surface area (Å²) >= 11 is 1.75. The summed E-state index contributed by atoms with van der Waals surface area (Å²) in [6.45, 7) is 0. The van der Waals surface area contributed by atoms with Crippen molar-refractivity contribution in [2.45, 2.75) is 9.79 Å². The number of anilines is 2. The molecule has 0 amide bonds. The number of nitrogens with one attached hydrogen (secondary N) is 1. The van der Waals surface area contributed by atoms with Gasteiger partial charge in [0.15, 0.2) is 11.5 Å². The van der Waals surface area contributed by atoms with Crippen LogP contribution in [-0.4, -0.2) is 0 Å². The fourth-order valence-electron chi connectivity index (χ4n) is 3.64. The number of para-hydroxylation sites is 4. The standard InChI is InChI=1S/C24H15NO2S/c1-2-10-18-17(9-1)25-23-15(7-5-12-20(23)26-18)16-8-6-13-21-24(16)28-22-14-4-3-11-19(22)27-21/h1-14,25H. The lowest BCUT2D eigenvalue weighted by atomic mass is 10.0. The maximum Gasteiger partial charge on any atom is 0.151 e. The van der Waals surface area contributed by atoms with Gasteiger partial charge in [0.2, 0.25) is 0 Å². The zero-order valence-corrected chi connectivity index (χ0v) is 15.6. The number of ether oxygens (including phenoxy) is 2. The molecule has 2 aliphatic rings. The van der Waals surface area contributed by atoms with Crippen LogP contribution in [0.3, 0.4) is 0 Å². The second-order valence-electron chi connectivity index (χ2n) is 6.69. The van der Waals surface area contributed by atoms with Gasteiger partial charge in [-0.2, -0.15) is 0 Å². The molecule has 28 heavy (non-hydrogen) atoms. The highest BCUT2D eigenvalue weighted by Crippen LogP contribution is 2.53. The molecular weight excluding hydrogens is 366 g/mol. The maximum absolute atomic E-state index is 6.17. The van der Waals surface area contributed by atoms with Crippen LogP contribution in [0.2, 0.25) is 0 Å². The maximum atomic E-state index is 6.17. The molecule has 0 spiro atoms. The van der Waals surface area contributed by atoms with Crippen molar-refractivity contribution in [3.8, 4) is 34.1 Å². The Hall–Kier alpha value is -3.37. The van der Waals surface area contributed by atoms with Gasteiger partial charge in [-0.3, -0.25) is 0 Å². The van der Waals surface area contributed by atoms with Gasteiger partial charge >= 0.3 is 0 Å². The molecule has 4 heteroatoms. The van der Waals surface area contributed by atoms with Crippen LogP contribution in [0.5, 0.6) is 23.0 Å². The summed E-state index contributed by atoms with van der Waals surface area (Å²) in [5.74, 6) is 3.46. The van der Waals surface area contributed by atoms with Gasteiger partial charge in [-0.1, -0.05) is 60.3 Å². The van der Waals surface area contributed by atoms with E-state index in [0.29, 0.717) is 0 Å². The number of rotatable bonds is 1. The minimum absolute atomic E-state index is 0.830. The molecule has 1 N–H and O–H groups in total. The summed E-state index contributed by atoms with van der Waals surface area (Å²) in [4.78, 5) is 2.25. The third-order valence-electron chi connectivity index (χ3n) is 4.94. The molecule has 0 aliphatic carbocycles. The first-order chi connectivity index (χ1) is 13.9. The lowest BCUT2D eigenvalue weighted by molar-refractivity contribution is 0.455. The van der Waals surface area contributed by atoms with Crippen molar-refractivity contribution in [2.24, 2.45) is 0 Å². The van der Waals surface area contributed by atoms with Crippen LogP contribution in [-0.2, 0) is 0 Å². The number of hydrogen-bond donors (Lipinski definition) is 1. The van der Waals surface area contributed by atoms with Crippen molar-refractivity contribution in [2.75, 3.05) is 5.32 Å². The highest BCUT2D eigenvalue weighted by Gasteiger charge is 2.25. The summed E-state index contributed by atoms with van der Waals surface area (Å²) in [5, 5.41) is 3.56. The molecular formula is C24H15NO2S. The van der Waals surface area contributed by atoms with Crippen molar-refractivity contribution < 1.29 is 9.47 Å². The Labute approximate surface area is 166 Å². The normalized spacial score (nSPS) is 13.0. The van der Waals surface area contributed by atoms with E-state index in [9.17, 15) is 0 Å². The third-order valence-corrected chi connectivity index (χ3v) is 6.13. The number of hydrogen-bond acceptors (Lipinski definition) is 4. The van der Waals surface area contributed by atoms with E-state index < -0.39 is 0 Å². The Kier molecular flexibility index (Phi) is 3.40. The third kappa shape index (κ3) is 2.38. The molecule has 0 aromatic heterocycles. The van der Waals surface area contributed by atoms with Gasteiger partial charge in [-0.15, -0.1) is 0 Å². The van der Waals surface area contributed by atoms with Crippen LogP contribution in [0.4, 0.5) is 11.4 Å². The SMILES string of the molecule is c1ccc2c(c1)Nc1c(cccc1-c1cccc3c1Sc1ccccc1O3)O2. The summed E-state index contributed by atoms with van der Waals surface area (Å²) in [5.41, 5.74) is 4.18. The second-order valence-corrected chi connectivity index (χ2v) is 7.74. The van der Waals surface area contributed by atoms with Gasteiger partial charge in [0.05, 0.1) is 21.2 Å². The van der Waals surface area contributed by atoms with Crippen LogP contribution >= 0.6 is 11.8 Å². The molecule has 2 heterocycles. The second kappa shape index (κ2) is 6.08. The van der Waals surface area contributed by atoms with Gasteiger partial charge < -0.3 is 14.8 Å². The molecule has 0 saturated carbocycles. The Balaban J connectivity index is 1.50. The molecule has 0 fully saturated rings. The Bertz CT molecular complexity index is 1140. The largest absolute Gasteiger partial charge is 0.455 e. The quantitative estimate of drug-likeness (QED) is 0.320. The average Bonchev–Trinajstić information content (AvgIpc) is 2.75. The Morgan fingerprint density at radius 1 is 0.571 bits per heavy atom. The molecule has 0 bridgehead atoms. The summed E-state index contributed by atoms with van der Waals surface area (Å²) in [7, 11) is 0. The monoisotopic (exact) mass is 381 g/mol. The fourth-order valence-corrected chi connectivity index (χ4v) is 4.72.